The minimum atomic E-state index is -0.216. The summed E-state index contributed by atoms with van der Waals surface area (Å²) in [4.78, 5) is 11.3. The molecule has 0 atom stereocenters. The highest BCUT2D eigenvalue weighted by Gasteiger charge is 2.09. The van der Waals surface area contributed by atoms with E-state index in [0.717, 1.165) is 12.8 Å². The van der Waals surface area contributed by atoms with Gasteiger partial charge in [-0.2, -0.15) is 0 Å². The van der Waals surface area contributed by atoms with Gasteiger partial charge in [0, 0.05) is 6.42 Å². The quantitative estimate of drug-likeness (QED) is 0.801. The van der Waals surface area contributed by atoms with Crippen molar-refractivity contribution >= 4 is 5.97 Å². The number of carbonyl (C=O) groups is 1. The third-order valence-corrected chi connectivity index (χ3v) is 3.61. The fourth-order valence-electron chi connectivity index (χ4n) is 2.61. The standard InChI is InChI=1S/C16H22O3/c17-10-11-19-16(18)7-3-4-13-8-9-14-5-1-2-6-15(14)12-13/h8-9,12,17H,1-7,10-11H2. The lowest BCUT2D eigenvalue weighted by Crippen LogP contribution is -2.08. The highest BCUT2D eigenvalue weighted by molar-refractivity contribution is 5.69. The number of rotatable bonds is 6. The summed E-state index contributed by atoms with van der Waals surface area (Å²) in [5, 5.41) is 8.55. The molecule has 1 aliphatic carbocycles. The van der Waals surface area contributed by atoms with Gasteiger partial charge in [0.05, 0.1) is 6.61 Å². The van der Waals surface area contributed by atoms with Crippen LogP contribution in [-0.4, -0.2) is 24.3 Å². The highest BCUT2D eigenvalue weighted by Crippen LogP contribution is 2.22. The van der Waals surface area contributed by atoms with Crippen molar-refractivity contribution in [1.82, 2.24) is 0 Å². The fraction of sp³-hybridized carbons (Fsp3) is 0.562. The van der Waals surface area contributed by atoms with Crippen molar-refractivity contribution in [3.05, 3.63) is 34.9 Å². The molecule has 1 aliphatic rings. The maximum absolute atomic E-state index is 11.3. The first-order valence-corrected chi connectivity index (χ1v) is 7.17. The largest absolute Gasteiger partial charge is 0.463 e. The molecule has 3 nitrogen and oxygen atoms in total. The van der Waals surface area contributed by atoms with Crippen LogP contribution in [0.25, 0.3) is 0 Å². The zero-order valence-corrected chi connectivity index (χ0v) is 11.4. The summed E-state index contributed by atoms with van der Waals surface area (Å²) < 4.78 is 4.83. The van der Waals surface area contributed by atoms with Crippen molar-refractivity contribution < 1.29 is 14.6 Å². The van der Waals surface area contributed by atoms with Crippen molar-refractivity contribution in [2.75, 3.05) is 13.2 Å². The molecule has 0 heterocycles. The first kappa shape index (κ1) is 14.1. The van der Waals surface area contributed by atoms with Gasteiger partial charge in [0.2, 0.25) is 0 Å². The molecule has 1 aromatic carbocycles. The van der Waals surface area contributed by atoms with E-state index in [1.165, 1.54) is 42.4 Å². The van der Waals surface area contributed by atoms with Crippen LogP contribution < -0.4 is 0 Å². The number of benzene rings is 1. The molecule has 19 heavy (non-hydrogen) atoms. The number of aliphatic hydroxyl groups excluding tert-OH is 1. The zero-order valence-electron chi connectivity index (χ0n) is 11.4. The number of esters is 1. The average Bonchev–Trinajstić information content (AvgIpc) is 2.45. The summed E-state index contributed by atoms with van der Waals surface area (Å²) in [6.07, 6.45) is 7.17. The fourth-order valence-corrected chi connectivity index (χ4v) is 2.61. The van der Waals surface area contributed by atoms with Gasteiger partial charge in [0.15, 0.2) is 0 Å². The summed E-state index contributed by atoms with van der Waals surface area (Å²) in [7, 11) is 0. The van der Waals surface area contributed by atoms with Gasteiger partial charge in [-0.3, -0.25) is 4.79 Å². The van der Waals surface area contributed by atoms with Crippen molar-refractivity contribution in [2.45, 2.75) is 44.9 Å². The van der Waals surface area contributed by atoms with Crippen LogP contribution in [0.3, 0.4) is 0 Å². The molecule has 0 saturated heterocycles. The molecule has 104 valence electrons. The second-order valence-corrected chi connectivity index (χ2v) is 5.11. The molecule has 0 aromatic heterocycles. The van der Waals surface area contributed by atoms with E-state index in [1.54, 1.807) is 0 Å². The molecule has 0 saturated carbocycles. The third-order valence-electron chi connectivity index (χ3n) is 3.61. The number of carbonyl (C=O) groups excluding carboxylic acids is 1. The molecule has 0 bridgehead atoms. The molecule has 3 heteroatoms. The normalized spacial score (nSPS) is 13.9. The molecule has 0 fully saturated rings. The Hall–Kier alpha value is -1.35. The van der Waals surface area contributed by atoms with Gasteiger partial charge in [-0.05, 0) is 55.2 Å². The van der Waals surface area contributed by atoms with Gasteiger partial charge in [0.1, 0.15) is 6.61 Å². The van der Waals surface area contributed by atoms with Crippen LogP contribution in [0.5, 0.6) is 0 Å². The van der Waals surface area contributed by atoms with E-state index in [0.29, 0.717) is 6.42 Å². The van der Waals surface area contributed by atoms with Crippen molar-refractivity contribution in [2.24, 2.45) is 0 Å². The van der Waals surface area contributed by atoms with Gasteiger partial charge in [-0.25, -0.2) is 0 Å². The van der Waals surface area contributed by atoms with Crippen LogP contribution in [-0.2, 0) is 28.8 Å². The molecule has 0 spiro atoms. The van der Waals surface area contributed by atoms with Crippen LogP contribution in [0.15, 0.2) is 18.2 Å². The maximum Gasteiger partial charge on any atom is 0.305 e. The Morgan fingerprint density at radius 2 is 2.00 bits per heavy atom. The number of hydrogen-bond acceptors (Lipinski definition) is 3. The zero-order chi connectivity index (χ0) is 13.5. The number of aliphatic hydroxyl groups is 1. The Morgan fingerprint density at radius 1 is 1.21 bits per heavy atom. The van der Waals surface area contributed by atoms with Crippen LogP contribution in [0, 0.1) is 0 Å². The van der Waals surface area contributed by atoms with Gasteiger partial charge in [0.25, 0.3) is 0 Å². The summed E-state index contributed by atoms with van der Waals surface area (Å²) in [6.45, 7) is 0.00818. The first-order chi connectivity index (χ1) is 9.29. The molecule has 0 aliphatic heterocycles. The van der Waals surface area contributed by atoms with Crippen molar-refractivity contribution in [3.8, 4) is 0 Å². The van der Waals surface area contributed by atoms with Crippen LogP contribution in [0.1, 0.15) is 42.4 Å². The second kappa shape index (κ2) is 7.29. The van der Waals surface area contributed by atoms with E-state index in [1.807, 2.05) is 0 Å². The summed E-state index contributed by atoms with van der Waals surface area (Å²) in [5.74, 6) is -0.216. The van der Waals surface area contributed by atoms with Crippen LogP contribution >= 0.6 is 0 Å². The van der Waals surface area contributed by atoms with Gasteiger partial charge < -0.3 is 9.84 Å². The Bertz CT molecular complexity index is 426. The predicted molar refractivity (Wildman–Crippen MR) is 74.1 cm³/mol. The molecule has 0 radical (unpaired) electrons. The molecular weight excluding hydrogens is 240 g/mol. The predicted octanol–water partition coefficient (Wildman–Crippen LogP) is 2.42. The Morgan fingerprint density at radius 3 is 2.79 bits per heavy atom. The molecule has 1 N–H and O–H groups in total. The molecule has 0 unspecified atom stereocenters. The van der Waals surface area contributed by atoms with E-state index >= 15 is 0 Å². The van der Waals surface area contributed by atoms with Gasteiger partial charge in [-0.15, -0.1) is 0 Å². The van der Waals surface area contributed by atoms with E-state index in [9.17, 15) is 4.79 Å². The summed E-state index contributed by atoms with van der Waals surface area (Å²) in [6, 6.07) is 6.73. The molecular formula is C16H22O3. The second-order valence-electron chi connectivity index (χ2n) is 5.11. The number of ether oxygens (including phenoxy) is 1. The minimum Gasteiger partial charge on any atom is -0.463 e. The van der Waals surface area contributed by atoms with E-state index in [4.69, 9.17) is 9.84 Å². The lowest BCUT2D eigenvalue weighted by atomic mass is 9.89. The monoisotopic (exact) mass is 262 g/mol. The van der Waals surface area contributed by atoms with E-state index < -0.39 is 0 Å². The summed E-state index contributed by atoms with van der Waals surface area (Å²) >= 11 is 0. The molecule has 2 rings (SSSR count). The molecule has 0 amide bonds. The number of hydrogen-bond donors (Lipinski definition) is 1. The van der Waals surface area contributed by atoms with E-state index in [2.05, 4.69) is 18.2 Å². The Balaban J connectivity index is 1.78. The number of aryl methyl sites for hydroxylation is 3. The Kier molecular flexibility index (Phi) is 5.40. The number of fused-ring (bicyclic) bond motifs is 1. The highest BCUT2D eigenvalue weighted by atomic mass is 16.5. The topological polar surface area (TPSA) is 46.5 Å². The van der Waals surface area contributed by atoms with E-state index in [-0.39, 0.29) is 19.2 Å². The van der Waals surface area contributed by atoms with Gasteiger partial charge in [-0.1, -0.05) is 18.2 Å². The lowest BCUT2D eigenvalue weighted by Gasteiger charge is -2.16. The van der Waals surface area contributed by atoms with Gasteiger partial charge >= 0.3 is 5.97 Å². The van der Waals surface area contributed by atoms with Crippen LogP contribution in [0.4, 0.5) is 0 Å². The lowest BCUT2D eigenvalue weighted by molar-refractivity contribution is -0.144. The van der Waals surface area contributed by atoms with Crippen LogP contribution in [0.2, 0.25) is 0 Å². The maximum atomic E-state index is 11.3. The Labute approximate surface area is 114 Å². The minimum absolute atomic E-state index is 0.101. The summed E-state index contributed by atoms with van der Waals surface area (Å²) in [5.41, 5.74) is 4.31. The smallest absolute Gasteiger partial charge is 0.305 e. The SMILES string of the molecule is O=C(CCCc1ccc2c(c1)CCCC2)OCCO. The molecule has 1 aromatic rings. The van der Waals surface area contributed by atoms with Crippen molar-refractivity contribution in [3.63, 3.8) is 0 Å². The first-order valence-electron chi connectivity index (χ1n) is 7.17. The third kappa shape index (κ3) is 4.35. The van der Waals surface area contributed by atoms with Crippen molar-refractivity contribution in [1.29, 1.82) is 0 Å². The average molecular weight is 262 g/mol.